The van der Waals surface area contributed by atoms with Gasteiger partial charge in [-0.3, -0.25) is 8.37 Å². The Morgan fingerprint density at radius 1 is 0.831 bits per heavy atom. The Bertz CT molecular complexity index is 1900. The van der Waals surface area contributed by atoms with E-state index in [4.69, 9.17) is 9.47 Å². The smallest absolute Gasteiger partial charge is 0.399 e. The van der Waals surface area contributed by atoms with Gasteiger partial charge in [0.15, 0.2) is 0 Å². The first kappa shape index (κ1) is 65.8. The van der Waals surface area contributed by atoms with Crippen LogP contribution >= 0.6 is 0 Å². The first-order valence-electron chi connectivity index (χ1n) is 21.0. The van der Waals surface area contributed by atoms with Crippen LogP contribution in [0.1, 0.15) is 71.9 Å². The van der Waals surface area contributed by atoms with Crippen molar-refractivity contribution in [1.29, 1.82) is 0 Å². The molecule has 3 atom stereocenters. The molecule has 0 aliphatic heterocycles. The lowest BCUT2D eigenvalue weighted by molar-refractivity contribution is -0.141. The van der Waals surface area contributed by atoms with Gasteiger partial charge < -0.3 is 9.47 Å². The molecular formula is C50H80O11S4+2. The molecule has 0 aromatic heterocycles. The van der Waals surface area contributed by atoms with E-state index >= 15 is 0 Å². The zero-order valence-corrected chi connectivity index (χ0v) is 44.6. The normalized spacial score (nSPS) is 14.8. The van der Waals surface area contributed by atoms with Crippen LogP contribution in [-0.2, 0) is 85.9 Å². The number of ether oxygens (including phenoxy) is 2. The summed E-state index contributed by atoms with van der Waals surface area (Å²) in [6.07, 6.45) is 30.0. The van der Waals surface area contributed by atoms with Crippen LogP contribution < -0.4 is 0 Å². The summed E-state index contributed by atoms with van der Waals surface area (Å²) in [5.74, 6) is 1.09. The lowest BCUT2D eigenvalue weighted by Gasteiger charge is -2.29. The van der Waals surface area contributed by atoms with E-state index in [9.17, 15) is 21.6 Å². The minimum absolute atomic E-state index is 0.00296. The quantitative estimate of drug-likeness (QED) is 0.0511. The summed E-state index contributed by atoms with van der Waals surface area (Å²) >= 11 is 0. The Kier molecular flexibility index (Phi) is 41.2. The molecule has 0 bridgehead atoms. The highest BCUT2D eigenvalue weighted by Crippen LogP contribution is 2.39. The molecule has 2 aromatic carbocycles. The van der Waals surface area contributed by atoms with E-state index in [0.717, 1.165) is 31.1 Å². The highest BCUT2D eigenvalue weighted by atomic mass is 32.3. The second-order valence-electron chi connectivity index (χ2n) is 14.8. The summed E-state index contributed by atoms with van der Waals surface area (Å²) in [7, 11) is -3.45. The van der Waals surface area contributed by atoms with Gasteiger partial charge in [0.05, 0.1) is 65.2 Å². The molecular weight excluding hydrogens is 905 g/mol. The molecule has 0 saturated carbocycles. The monoisotopic (exact) mass is 984 g/mol. The molecule has 0 saturated heterocycles. The summed E-state index contributed by atoms with van der Waals surface area (Å²) < 4.78 is 72.6. The SMILES string of the molecule is C=C/C=C\C=C(C)C.C=CC.CCC.COC(CCOC(=O)C[S+](C)Cc1ccccc1)CC1(C)C=CC=C1/C=C/COS(=O)(=O)OC.COS(=O)(=O)OCc1ccccc1.C[S+](C)C. The molecule has 1 aliphatic carbocycles. The summed E-state index contributed by atoms with van der Waals surface area (Å²) in [5.41, 5.74) is 4.04. The van der Waals surface area contributed by atoms with E-state index in [0.29, 0.717) is 36.1 Å². The van der Waals surface area contributed by atoms with Gasteiger partial charge in [-0.1, -0.05) is 161 Å². The van der Waals surface area contributed by atoms with Crippen molar-refractivity contribution in [2.75, 3.05) is 65.3 Å². The average molecular weight is 985 g/mol. The largest absolute Gasteiger partial charge is 0.462 e. The number of carbonyl (C=O) groups is 1. The van der Waals surface area contributed by atoms with Crippen molar-refractivity contribution in [2.45, 2.75) is 79.3 Å². The summed E-state index contributed by atoms with van der Waals surface area (Å²) in [5, 5.41) is 0. The maximum Gasteiger partial charge on any atom is 0.399 e. The minimum Gasteiger partial charge on any atom is -0.462 e. The highest BCUT2D eigenvalue weighted by Gasteiger charge is 2.31. The van der Waals surface area contributed by atoms with Crippen LogP contribution in [0.2, 0.25) is 0 Å². The van der Waals surface area contributed by atoms with Crippen LogP contribution in [0.5, 0.6) is 0 Å². The first-order valence-corrected chi connectivity index (χ1v) is 28.0. The molecule has 368 valence electrons. The zero-order valence-electron chi connectivity index (χ0n) is 41.3. The fourth-order valence-corrected chi connectivity index (χ4v) is 6.82. The second kappa shape index (κ2) is 40.7. The molecule has 1 aliphatic rings. The minimum atomic E-state index is -3.96. The number of methoxy groups -OCH3 is 1. The predicted molar refractivity (Wildman–Crippen MR) is 279 cm³/mol. The van der Waals surface area contributed by atoms with Crippen LogP contribution in [-0.4, -0.2) is 94.2 Å². The Balaban J connectivity index is -0.00000100. The van der Waals surface area contributed by atoms with Gasteiger partial charge in [0.1, 0.15) is 5.75 Å². The number of benzene rings is 2. The van der Waals surface area contributed by atoms with Gasteiger partial charge in [0.25, 0.3) is 0 Å². The third-order valence-electron chi connectivity index (χ3n) is 7.61. The fraction of sp³-hybridized carbons (Fsp3) is 0.460. The zero-order chi connectivity index (χ0) is 50.2. The van der Waals surface area contributed by atoms with Crippen molar-refractivity contribution in [3.05, 3.63) is 157 Å². The Hall–Kier alpha value is -3.51. The summed E-state index contributed by atoms with van der Waals surface area (Å²) in [4.78, 5) is 12.3. The number of esters is 1. The molecule has 0 radical (unpaired) electrons. The predicted octanol–water partition coefficient (Wildman–Crippen LogP) is 10.6. The molecule has 15 heteroatoms. The van der Waals surface area contributed by atoms with E-state index in [1.807, 2.05) is 67.6 Å². The van der Waals surface area contributed by atoms with E-state index in [1.54, 1.807) is 49.6 Å². The fourth-order valence-electron chi connectivity index (χ4n) is 4.75. The molecule has 65 heavy (non-hydrogen) atoms. The van der Waals surface area contributed by atoms with Crippen molar-refractivity contribution in [3.8, 4) is 0 Å². The lowest BCUT2D eigenvalue weighted by Crippen LogP contribution is -2.26. The van der Waals surface area contributed by atoms with Gasteiger partial charge in [-0.25, -0.2) is 13.2 Å². The van der Waals surface area contributed by atoms with Crippen LogP contribution in [0.15, 0.2) is 146 Å². The van der Waals surface area contributed by atoms with Crippen molar-refractivity contribution >= 4 is 48.6 Å². The standard InChI is InChI=1S/C25H35O7S2.C8H10O4S.C8H12.C3H9S.C3H8.C3H6/c1-25(15-8-12-22(25)13-9-16-32-34(27,28)30-3)18-23(29-2)14-17-31-24(26)20-33(4)19-21-10-6-5-7-11-21;1-11-13(9,10)12-7-8-5-3-2-4-6-8;1-4-5-6-7-8(2)3;1-4(2)3;2*1-3-2/h5-13,15,23H,14,16-20H2,1-4H3;2-6H,7H2,1H3;4-7H,1H2,2-3H3;1-3H3;3H2,1-2H3;3H,1H2,2H3/q+1;;;+1;;/b13-9+;;6-5-;;;. The van der Waals surface area contributed by atoms with Crippen LogP contribution in [0, 0.1) is 5.41 Å². The molecule has 0 spiro atoms. The third-order valence-corrected chi connectivity index (χ3v) is 10.8. The van der Waals surface area contributed by atoms with Crippen molar-refractivity contribution < 1.29 is 47.8 Å². The molecule has 3 rings (SSSR count). The second-order valence-corrected chi connectivity index (χ2v) is 22.2. The first-order chi connectivity index (χ1) is 30.6. The topological polar surface area (TPSA) is 141 Å². The van der Waals surface area contributed by atoms with Gasteiger partial charge in [-0.05, 0) is 49.2 Å². The van der Waals surface area contributed by atoms with Crippen molar-refractivity contribution in [2.24, 2.45) is 5.41 Å². The van der Waals surface area contributed by atoms with E-state index in [1.165, 1.54) is 17.6 Å². The van der Waals surface area contributed by atoms with Gasteiger partial charge >= 0.3 is 26.8 Å². The number of carbonyl (C=O) groups excluding carboxylic acids is 1. The molecule has 0 amide bonds. The molecule has 0 fully saturated rings. The Labute approximate surface area is 401 Å². The maximum absolute atomic E-state index is 12.3. The van der Waals surface area contributed by atoms with Gasteiger partial charge in [-0.15, -0.1) is 6.58 Å². The molecule has 3 unspecified atom stereocenters. The van der Waals surface area contributed by atoms with Crippen molar-refractivity contribution in [1.82, 2.24) is 0 Å². The van der Waals surface area contributed by atoms with Crippen molar-refractivity contribution in [3.63, 3.8) is 0 Å². The molecule has 11 nitrogen and oxygen atoms in total. The lowest BCUT2D eigenvalue weighted by atomic mass is 9.79. The average Bonchev–Trinajstić information content (AvgIpc) is 3.61. The van der Waals surface area contributed by atoms with Crippen LogP contribution in [0.25, 0.3) is 0 Å². The van der Waals surface area contributed by atoms with Gasteiger partial charge in [0, 0.05) is 35.4 Å². The highest BCUT2D eigenvalue weighted by molar-refractivity contribution is 7.96. The van der Waals surface area contributed by atoms with Crippen LogP contribution in [0.3, 0.4) is 0 Å². The van der Waals surface area contributed by atoms with Crippen LogP contribution in [0.4, 0.5) is 0 Å². The molecule has 0 heterocycles. The number of hydrogen-bond acceptors (Lipinski definition) is 11. The molecule has 0 N–H and O–H groups in total. The third kappa shape index (κ3) is 40.5. The summed E-state index contributed by atoms with van der Waals surface area (Å²) in [6, 6.07) is 19.1. The van der Waals surface area contributed by atoms with E-state index in [-0.39, 0.29) is 41.6 Å². The summed E-state index contributed by atoms with van der Waals surface area (Å²) in [6.45, 7) is 19.4. The Morgan fingerprint density at radius 3 is 1.82 bits per heavy atom. The molecule has 2 aromatic rings. The van der Waals surface area contributed by atoms with Gasteiger partial charge in [0.2, 0.25) is 5.75 Å². The number of rotatable bonds is 21. The Morgan fingerprint density at radius 2 is 1.34 bits per heavy atom. The number of hydrogen-bond donors (Lipinski definition) is 0. The van der Waals surface area contributed by atoms with E-state index in [2.05, 4.69) is 108 Å². The van der Waals surface area contributed by atoms with Gasteiger partial charge in [-0.2, -0.15) is 16.8 Å². The van der Waals surface area contributed by atoms with E-state index < -0.39 is 20.8 Å². The number of allylic oxidation sites excluding steroid dienone is 11. The maximum atomic E-state index is 12.3.